The second-order valence-electron chi connectivity index (χ2n) is 9.14. The summed E-state index contributed by atoms with van der Waals surface area (Å²) in [5.74, 6) is 0.118. The number of anilines is 3. The molecular weight excluding hydrogens is 501 g/mol. The molecule has 35 heavy (non-hydrogen) atoms. The fourth-order valence-electron chi connectivity index (χ4n) is 5.08. The summed E-state index contributed by atoms with van der Waals surface area (Å²) in [6.07, 6.45) is 3.11. The molecule has 7 heteroatoms. The average Bonchev–Trinajstić information content (AvgIpc) is 3.02. The maximum Gasteiger partial charge on any atom is 0.231 e. The van der Waals surface area contributed by atoms with Gasteiger partial charge in [0.05, 0.1) is 27.1 Å². The van der Waals surface area contributed by atoms with Gasteiger partial charge in [0.2, 0.25) is 5.91 Å². The van der Waals surface area contributed by atoms with E-state index in [4.69, 9.17) is 34.8 Å². The number of aryl methyl sites for hydroxylation is 2. The third-order valence-electron chi connectivity index (χ3n) is 6.94. The van der Waals surface area contributed by atoms with E-state index in [2.05, 4.69) is 21.9 Å². The molecule has 0 aromatic heterocycles. The molecule has 1 amide bonds. The van der Waals surface area contributed by atoms with E-state index in [1.807, 2.05) is 53.4 Å². The van der Waals surface area contributed by atoms with Gasteiger partial charge in [0.25, 0.3) is 0 Å². The van der Waals surface area contributed by atoms with Crippen LogP contribution < -0.4 is 9.80 Å². The van der Waals surface area contributed by atoms with Gasteiger partial charge < -0.3 is 4.90 Å². The Kier molecular flexibility index (Phi) is 7.54. The molecule has 2 aliphatic rings. The molecule has 4 nitrogen and oxygen atoms in total. The lowest BCUT2D eigenvalue weighted by molar-refractivity contribution is -0.118. The SMILES string of the molecule is O=C(CCCN1CCN(c2cccc(Cl)c2Cl)CC1)N1c2ccccc2CCc2ccc(Cl)cc21. The minimum atomic E-state index is 0.118. The largest absolute Gasteiger partial charge is 0.368 e. The van der Waals surface area contributed by atoms with E-state index in [1.165, 1.54) is 5.56 Å². The van der Waals surface area contributed by atoms with Crippen molar-refractivity contribution in [1.29, 1.82) is 0 Å². The van der Waals surface area contributed by atoms with Gasteiger partial charge in [-0.3, -0.25) is 14.6 Å². The smallest absolute Gasteiger partial charge is 0.231 e. The Morgan fingerprint density at radius 1 is 0.771 bits per heavy atom. The summed E-state index contributed by atoms with van der Waals surface area (Å²) in [6, 6.07) is 19.9. The van der Waals surface area contributed by atoms with Gasteiger partial charge in [0, 0.05) is 37.6 Å². The Labute approximate surface area is 222 Å². The van der Waals surface area contributed by atoms with Crippen molar-refractivity contribution in [2.75, 3.05) is 42.5 Å². The molecular formula is C28H28Cl3N3O. The molecule has 2 heterocycles. The number of fused-ring (bicyclic) bond motifs is 2. The summed E-state index contributed by atoms with van der Waals surface area (Å²) in [6.45, 7) is 4.53. The van der Waals surface area contributed by atoms with Gasteiger partial charge in [-0.15, -0.1) is 0 Å². The van der Waals surface area contributed by atoms with Crippen molar-refractivity contribution >= 4 is 57.8 Å². The van der Waals surface area contributed by atoms with Gasteiger partial charge in [0.15, 0.2) is 0 Å². The van der Waals surface area contributed by atoms with Gasteiger partial charge >= 0.3 is 0 Å². The third kappa shape index (κ3) is 5.31. The molecule has 1 saturated heterocycles. The van der Waals surface area contributed by atoms with Crippen molar-refractivity contribution in [3.8, 4) is 0 Å². The number of hydrogen-bond donors (Lipinski definition) is 0. The molecule has 0 radical (unpaired) electrons. The second kappa shape index (κ2) is 10.8. The number of halogens is 3. The van der Waals surface area contributed by atoms with Crippen LogP contribution >= 0.6 is 34.8 Å². The zero-order valence-corrected chi connectivity index (χ0v) is 21.8. The number of carbonyl (C=O) groups excluding carboxylic acids is 1. The summed E-state index contributed by atoms with van der Waals surface area (Å²) < 4.78 is 0. The molecule has 2 aliphatic heterocycles. The lowest BCUT2D eigenvalue weighted by Crippen LogP contribution is -2.46. The number of rotatable bonds is 5. The Morgan fingerprint density at radius 3 is 2.29 bits per heavy atom. The number of amides is 1. The molecule has 0 aliphatic carbocycles. The minimum absolute atomic E-state index is 0.118. The van der Waals surface area contributed by atoms with Crippen LogP contribution in [-0.4, -0.2) is 43.5 Å². The van der Waals surface area contributed by atoms with E-state index < -0.39 is 0 Å². The fraction of sp³-hybridized carbons (Fsp3) is 0.321. The predicted octanol–water partition coefficient (Wildman–Crippen LogP) is 7.01. The molecule has 0 atom stereocenters. The van der Waals surface area contributed by atoms with Crippen molar-refractivity contribution in [3.05, 3.63) is 86.9 Å². The van der Waals surface area contributed by atoms with Crippen molar-refractivity contribution in [3.63, 3.8) is 0 Å². The van der Waals surface area contributed by atoms with Crippen LogP contribution in [0.25, 0.3) is 0 Å². The van der Waals surface area contributed by atoms with E-state index in [9.17, 15) is 4.79 Å². The van der Waals surface area contributed by atoms with Crippen LogP contribution in [0.15, 0.2) is 60.7 Å². The first-order valence-corrected chi connectivity index (χ1v) is 13.3. The Bertz CT molecular complexity index is 1220. The highest BCUT2D eigenvalue weighted by molar-refractivity contribution is 6.43. The van der Waals surface area contributed by atoms with Crippen LogP contribution in [0, 0.1) is 0 Å². The van der Waals surface area contributed by atoms with Crippen molar-refractivity contribution in [2.45, 2.75) is 25.7 Å². The Morgan fingerprint density at radius 2 is 1.49 bits per heavy atom. The van der Waals surface area contributed by atoms with Gasteiger partial charge in [-0.25, -0.2) is 0 Å². The summed E-state index contributed by atoms with van der Waals surface area (Å²) in [7, 11) is 0. The van der Waals surface area contributed by atoms with Gasteiger partial charge in [0.1, 0.15) is 0 Å². The molecule has 1 fully saturated rings. The number of nitrogens with zero attached hydrogens (tertiary/aromatic N) is 3. The summed E-state index contributed by atoms with van der Waals surface area (Å²) in [5.41, 5.74) is 5.25. The summed E-state index contributed by atoms with van der Waals surface area (Å²) in [5, 5.41) is 1.85. The molecule has 3 aromatic carbocycles. The molecule has 0 N–H and O–H groups in total. The average molecular weight is 529 g/mol. The third-order valence-corrected chi connectivity index (χ3v) is 7.99. The molecule has 0 spiro atoms. The molecule has 0 bridgehead atoms. The first-order chi connectivity index (χ1) is 17.0. The van der Waals surface area contributed by atoms with E-state index in [1.54, 1.807) is 0 Å². The van der Waals surface area contributed by atoms with Crippen LogP contribution in [0.2, 0.25) is 15.1 Å². The number of piperazine rings is 1. The maximum absolute atomic E-state index is 13.6. The van der Waals surface area contributed by atoms with Crippen LogP contribution in [0.4, 0.5) is 17.1 Å². The lowest BCUT2D eigenvalue weighted by atomic mass is 10.0. The molecule has 3 aromatic rings. The number of carbonyl (C=O) groups is 1. The van der Waals surface area contributed by atoms with E-state index in [0.717, 1.165) is 74.6 Å². The number of benzene rings is 3. The summed E-state index contributed by atoms with van der Waals surface area (Å²) >= 11 is 18.9. The molecule has 182 valence electrons. The fourth-order valence-corrected chi connectivity index (χ4v) is 5.66. The standard InChI is InChI=1S/C28H28Cl3N3O/c29-22-13-12-21-11-10-20-5-1-2-7-24(20)34(26(21)19-22)27(35)9-4-14-32-15-17-33(18-16-32)25-8-3-6-23(30)28(25)31/h1-3,5-8,12-13,19H,4,9-11,14-18H2. The molecule has 0 saturated carbocycles. The number of hydrogen-bond acceptors (Lipinski definition) is 3. The van der Waals surface area contributed by atoms with Crippen LogP contribution in [0.1, 0.15) is 24.0 Å². The first-order valence-electron chi connectivity index (χ1n) is 12.1. The van der Waals surface area contributed by atoms with Crippen molar-refractivity contribution in [1.82, 2.24) is 4.90 Å². The molecule has 5 rings (SSSR count). The maximum atomic E-state index is 13.6. The second-order valence-corrected chi connectivity index (χ2v) is 10.4. The van der Waals surface area contributed by atoms with Crippen LogP contribution in [-0.2, 0) is 17.6 Å². The first kappa shape index (κ1) is 24.5. The predicted molar refractivity (Wildman–Crippen MR) is 147 cm³/mol. The molecule has 0 unspecified atom stereocenters. The highest BCUT2D eigenvalue weighted by Gasteiger charge is 2.26. The summed E-state index contributed by atoms with van der Waals surface area (Å²) in [4.78, 5) is 20.2. The quantitative estimate of drug-likeness (QED) is 0.356. The zero-order valence-electron chi connectivity index (χ0n) is 19.5. The van der Waals surface area contributed by atoms with E-state index in [-0.39, 0.29) is 5.91 Å². The highest BCUT2D eigenvalue weighted by Crippen LogP contribution is 2.38. The zero-order chi connectivity index (χ0) is 24.4. The monoisotopic (exact) mass is 527 g/mol. The Balaban J connectivity index is 1.22. The Hall–Kier alpha value is -2.24. The van der Waals surface area contributed by atoms with E-state index >= 15 is 0 Å². The normalized spacial score (nSPS) is 16.0. The topological polar surface area (TPSA) is 26.8 Å². The van der Waals surface area contributed by atoms with Crippen molar-refractivity contribution in [2.24, 2.45) is 0 Å². The lowest BCUT2D eigenvalue weighted by Gasteiger charge is -2.36. The van der Waals surface area contributed by atoms with Crippen LogP contribution in [0.5, 0.6) is 0 Å². The van der Waals surface area contributed by atoms with Gasteiger partial charge in [-0.1, -0.05) is 65.1 Å². The number of para-hydroxylation sites is 1. The van der Waals surface area contributed by atoms with Crippen LogP contribution in [0.3, 0.4) is 0 Å². The van der Waals surface area contributed by atoms with Gasteiger partial charge in [-0.05, 0) is 67.3 Å². The van der Waals surface area contributed by atoms with Crippen molar-refractivity contribution < 1.29 is 4.79 Å². The van der Waals surface area contributed by atoms with Gasteiger partial charge in [-0.2, -0.15) is 0 Å². The minimum Gasteiger partial charge on any atom is -0.368 e. The highest BCUT2D eigenvalue weighted by atomic mass is 35.5. The van der Waals surface area contributed by atoms with E-state index in [0.29, 0.717) is 21.5 Å².